The third-order valence-electron chi connectivity index (χ3n) is 0.413. The Morgan fingerprint density at radius 1 is 1.56 bits per heavy atom. The average molecular weight is 153 g/mol. The lowest BCUT2D eigenvalue weighted by atomic mass is 10.7. The molecule has 5 nitrogen and oxygen atoms in total. The Labute approximate surface area is 52.7 Å². The zero-order chi connectivity index (χ0) is 6.78. The summed E-state index contributed by atoms with van der Waals surface area (Å²) in [5.74, 6) is 0. The van der Waals surface area contributed by atoms with E-state index in [1.54, 1.807) is 0 Å². The molecule has 4 N–H and O–H groups in total. The number of rotatable bonds is 1. The molecule has 0 atom stereocenters. The van der Waals surface area contributed by atoms with Gasteiger partial charge in [0.05, 0.1) is 0 Å². The molecule has 6 heteroatoms. The highest BCUT2D eigenvalue weighted by atomic mass is 32.2. The Morgan fingerprint density at radius 2 is 1.89 bits per heavy atom. The lowest BCUT2D eigenvalue weighted by Gasteiger charge is -1.97. The van der Waals surface area contributed by atoms with E-state index in [9.17, 15) is 17.8 Å². The van der Waals surface area contributed by atoms with Crippen molar-refractivity contribution in [2.24, 2.45) is 0 Å². The van der Waals surface area contributed by atoms with Gasteiger partial charge in [-0.15, -0.1) is 0 Å². The molecule has 0 amide bonds. The van der Waals surface area contributed by atoms with E-state index in [4.69, 9.17) is 0 Å². The summed E-state index contributed by atoms with van der Waals surface area (Å²) in [6.45, 7) is 2.80. The van der Waals surface area contributed by atoms with Gasteiger partial charge in [-0.1, -0.05) is 6.58 Å². The van der Waals surface area contributed by atoms with Crippen LogP contribution in [0.25, 0.3) is 0 Å². The van der Waals surface area contributed by atoms with Gasteiger partial charge in [-0.2, -0.15) is 0 Å². The van der Waals surface area contributed by atoms with Crippen LogP contribution in [0.5, 0.6) is 0 Å². The van der Waals surface area contributed by atoms with Gasteiger partial charge in [0.2, 0.25) is 0 Å². The molecule has 0 saturated heterocycles. The summed E-state index contributed by atoms with van der Waals surface area (Å²) in [4.78, 5) is 9.81. The second-order valence-electron chi connectivity index (χ2n) is 0.977. The molecule has 0 aromatic carbocycles. The van der Waals surface area contributed by atoms with Crippen LogP contribution in [-0.2, 0) is 14.9 Å². The first-order valence-electron chi connectivity index (χ1n) is 1.61. The molecule has 0 aromatic rings. The van der Waals surface area contributed by atoms with E-state index < -0.39 is 15.2 Å². The minimum Gasteiger partial charge on any atom is -0.742 e. The quantitative estimate of drug-likeness (QED) is 0.408. The summed E-state index contributed by atoms with van der Waals surface area (Å²) < 4.78 is 28.8. The van der Waals surface area contributed by atoms with Crippen LogP contribution < -0.4 is 6.15 Å². The molecule has 0 aliphatic heterocycles. The Balaban J connectivity index is 0. The lowest BCUT2D eigenvalue weighted by molar-refractivity contribution is -0.108. The first-order chi connectivity index (χ1) is 3.48. The maximum Gasteiger partial charge on any atom is 0.256 e. The minimum atomic E-state index is -4.76. The number of carbonyl (C=O) groups excluding carboxylic acids is 1. The van der Waals surface area contributed by atoms with Crippen molar-refractivity contribution in [2.45, 2.75) is 0 Å². The van der Waals surface area contributed by atoms with Gasteiger partial charge in [0.25, 0.3) is 5.12 Å². The van der Waals surface area contributed by atoms with Crippen LogP contribution in [0.3, 0.4) is 0 Å². The largest absolute Gasteiger partial charge is 0.742 e. The maximum absolute atomic E-state index is 9.81. The van der Waals surface area contributed by atoms with Crippen LogP contribution in [0.15, 0.2) is 12.7 Å². The van der Waals surface area contributed by atoms with Gasteiger partial charge in [0.1, 0.15) is 0 Å². The molecule has 0 saturated carbocycles. The van der Waals surface area contributed by atoms with Crippen LogP contribution in [0, 0.1) is 0 Å². The molecule has 0 heterocycles. The molecule has 0 spiro atoms. The maximum atomic E-state index is 9.81. The molecular weight excluding hydrogens is 146 g/mol. The Bertz CT molecular complexity index is 204. The van der Waals surface area contributed by atoms with E-state index in [0.717, 1.165) is 0 Å². The van der Waals surface area contributed by atoms with Crippen LogP contribution >= 0.6 is 0 Å². The van der Waals surface area contributed by atoms with Crippen LogP contribution in [0.4, 0.5) is 0 Å². The topological polar surface area (TPSA) is 111 Å². The molecule has 0 rings (SSSR count). The van der Waals surface area contributed by atoms with Crippen molar-refractivity contribution >= 4 is 15.2 Å². The molecule has 0 aliphatic carbocycles. The smallest absolute Gasteiger partial charge is 0.256 e. The van der Waals surface area contributed by atoms with Gasteiger partial charge in [-0.25, -0.2) is 8.42 Å². The molecule has 0 aliphatic rings. The molecule has 0 unspecified atom stereocenters. The van der Waals surface area contributed by atoms with Crippen LogP contribution in [0.1, 0.15) is 0 Å². The number of hydrogen-bond donors (Lipinski definition) is 1. The van der Waals surface area contributed by atoms with E-state index in [2.05, 4.69) is 6.58 Å². The zero-order valence-corrected chi connectivity index (χ0v) is 5.64. The number of carbonyl (C=O) groups is 1. The fourth-order valence-corrected chi connectivity index (χ4v) is 0.306. The summed E-state index contributed by atoms with van der Waals surface area (Å²) in [6, 6.07) is 0. The third-order valence-corrected chi connectivity index (χ3v) is 1.07. The van der Waals surface area contributed by atoms with Gasteiger partial charge < -0.3 is 10.7 Å². The Kier molecular flexibility index (Phi) is 4.12. The number of hydrogen-bond acceptors (Lipinski definition) is 4. The second kappa shape index (κ2) is 3.33. The normalized spacial score (nSPS) is 9.44. The molecule has 0 fully saturated rings. The standard InChI is InChI=1S/C3H4O4S.H3N/c1-2-3(4)8(5,6)7;/h2H,1H2,(H,5,6,7);1H3. The fourth-order valence-electron chi connectivity index (χ4n) is 0.102. The molecule has 0 radical (unpaired) electrons. The van der Waals surface area contributed by atoms with Crippen molar-refractivity contribution in [3.05, 3.63) is 12.7 Å². The monoisotopic (exact) mass is 153 g/mol. The summed E-state index contributed by atoms with van der Waals surface area (Å²) in [5, 5.41) is -1.49. The van der Waals surface area contributed by atoms with Gasteiger partial charge in [0, 0.05) is 0 Å². The van der Waals surface area contributed by atoms with Gasteiger partial charge in [-0.05, 0) is 6.08 Å². The molecule has 54 valence electrons. The van der Waals surface area contributed by atoms with Gasteiger partial charge in [0.15, 0.2) is 10.1 Å². The van der Waals surface area contributed by atoms with Crippen molar-refractivity contribution in [3.8, 4) is 0 Å². The van der Waals surface area contributed by atoms with E-state index in [1.165, 1.54) is 0 Å². The SMILES string of the molecule is C=CC(=O)S(=O)(=O)[O-].[NH4+]. The highest BCUT2D eigenvalue weighted by Crippen LogP contribution is 1.83. The molecule has 0 aromatic heterocycles. The van der Waals surface area contributed by atoms with E-state index >= 15 is 0 Å². The van der Waals surface area contributed by atoms with Crippen LogP contribution in [-0.4, -0.2) is 18.1 Å². The summed E-state index contributed by atoms with van der Waals surface area (Å²) in [5.41, 5.74) is 0. The second-order valence-corrected chi connectivity index (χ2v) is 2.29. The minimum absolute atomic E-state index is 0. The van der Waals surface area contributed by atoms with Crippen molar-refractivity contribution in [3.63, 3.8) is 0 Å². The van der Waals surface area contributed by atoms with Crippen molar-refractivity contribution < 1.29 is 17.8 Å². The zero-order valence-electron chi connectivity index (χ0n) is 4.83. The highest BCUT2D eigenvalue weighted by molar-refractivity contribution is 8.01. The predicted molar refractivity (Wildman–Crippen MR) is 30.9 cm³/mol. The van der Waals surface area contributed by atoms with Crippen LogP contribution in [0.2, 0.25) is 0 Å². The van der Waals surface area contributed by atoms with E-state index in [-0.39, 0.29) is 6.15 Å². The molecule has 9 heavy (non-hydrogen) atoms. The van der Waals surface area contributed by atoms with E-state index in [0.29, 0.717) is 6.08 Å². The van der Waals surface area contributed by atoms with Gasteiger partial charge >= 0.3 is 0 Å². The van der Waals surface area contributed by atoms with Crippen molar-refractivity contribution in [1.29, 1.82) is 0 Å². The third kappa shape index (κ3) is 3.83. The fraction of sp³-hybridized carbons (Fsp3) is 0. The average Bonchev–Trinajstić information content (AvgIpc) is 1.62. The Morgan fingerprint density at radius 3 is 1.89 bits per heavy atom. The highest BCUT2D eigenvalue weighted by Gasteiger charge is 2.01. The summed E-state index contributed by atoms with van der Waals surface area (Å²) in [6.07, 6.45) is 0.461. The summed E-state index contributed by atoms with van der Waals surface area (Å²) in [7, 11) is -4.76. The Hall–Kier alpha value is -0.720. The summed E-state index contributed by atoms with van der Waals surface area (Å²) >= 11 is 0. The van der Waals surface area contributed by atoms with Crippen molar-refractivity contribution in [2.75, 3.05) is 0 Å². The van der Waals surface area contributed by atoms with E-state index in [1.807, 2.05) is 0 Å². The van der Waals surface area contributed by atoms with Crippen molar-refractivity contribution in [1.82, 2.24) is 6.15 Å². The lowest BCUT2D eigenvalue weighted by Crippen LogP contribution is -2.09. The first kappa shape index (κ1) is 11.1. The molecular formula is C3H7NO4S. The number of quaternary nitrogens is 1. The first-order valence-corrected chi connectivity index (χ1v) is 3.01. The van der Waals surface area contributed by atoms with Gasteiger partial charge in [-0.3, -0.25) is 4.79 Å². The molecule has 0 bridgehead atoms. The predicted octanol–water partition coefficient (Wildman–Crippen LogP) is -0.380.